The molecule has 0 aliphatic rings. The van der Waals surface area contributed by atoms with Crippen LogP contribution in [-0.2, 0) is 11.2 Å². The third kappa shape index (κ3) is 4.31. The minimum atomic E-state index is -0.475. The van der Waals surface area contributed by atoms with Gasteiger partial charge >= 0.3 is 0 Å². The molecule has 0 heterocycles. The molecular weight excluding hydrogens is 204 g/mol. The van der Waals surface area contributed by atoms with Gasteiger partial charge in [0.2, 0.25) is 0 Å². The first-order valence-electron chi connectivity index (χ1n) is 5.37. The van der Waals surface area contributed by atoms with Crippen molar-refractivity contribution >= 4 is 5.91 Å². The van der Waals surface area contributed by atoms with Crippen molar-refractivity contribution in [3.05, 3.63) is 29.8 Å². The number of nitrogens with two attached hydrogens (primary N) is 2. The zero-order valence-electron chi connectivity index (χ0n) is 9.48. The van der Waals surface area contributed by atoms with Crippen LogP contribution in [0.4, 0.5) is 0 Å². The highest BCUT2D eigenvalue weighted by Gasteiger charge is 2.02. The molecular formula is C12H18N2O2. The molecule has 4 heteroatoms. The predicted octanol–water partition coefficient (Wildman–Crippen LogP) is 0.830. The third-order valence-electron chi connectivity index (χ3n) is 2.33. The van der Waals surface area contributed by atoms with Crippen LogP contribution in [-0.4, -0.2) is 18.6 Å². The van der Waals surface area contributed by atoms with Crippen molar-refractivity contribution in [2.24, 2.45) is 11.5 Å². The van der Waals surface area contributed by atoms with E-state index in [1.807, 2.05) is 24.3 Å². The molecule has 1 amide bonds. The van der Waals surface area contributed by atoms with Gasteiger partial charge in [-0.2, -0.15) is 0 Å². The van der Waals surface area contributed by atoms with Crippen LogP contribution in [0.15, 0.2) is 24.3 Å². The topological polar surface area (TPSA) is 78.3 Å². The summed E-state index contributed by atoms with van der Waals surface area (Å²) in [5.41, 5.74) is 12.0. The molecule has 0 aliphatic carbocycles. The van der Waals surface area contributed by atoms with E-state index in [2.05, 4.69) is 6.92 Å². The lowest BCUT2D eigenvalue weighted by atomic mass is 10.0. The van der Waals surface area contributed by atoms with Gasteiger partial charge in [0.25, 0.3) is 5.91 Å². The first-order valence-corrected chi connectivity index (χ1v) is 5.37. The number of amides is 1. The van der Waals surface area contributed by atoms with Crippen LogP contribution in [0.3, 0.4) is 0 Å². The maximum Gasteiger partial charge on any atom is 0.255 e. The molecule has 0 fully saturated rings. The summed E-state index contributed by atoms with van der Waals surface area (Å²) in [4.78, 5) is 10.5. The molecule has 0 spiro atoms. The van der Waals surface area contributed by atoms with Crippen LogP contribution in [0.5, 0.6) is 5.75 Å². The summed E-state index contributed by atoms with van der Waals surface area (Å²) in [6.45, 7) is 1.98. The Hall–Kier alpha value is -1.55. The fourth-order valence-electron chi connectivity index (χ4n) is 1.32. The van der Waals surface area contributed by atoms with E-state index in [1.54, 1.807) is 0 Å². The minimum absolute atomic E-state index is 0.0895. The summed E-state index contributed by atoms with van der Waals surface area (Å²) in [6.07, 6.45) is 1.81. The zero-order valence-corrected chi connectivity index (χ0v) is 9.48. The van der Waals surface area contributed by atoms with Crippen LogP contribution in [0.1, 0.15) is 18.9 Å². The van der Waals surface area contributed by atoms with Gasteiger partial charge in [0, 0.05) is 6.04 Å². The molecule has 1 rings (SSSR count). The maximum atomic E-state index is 10.5. The van der Waals surface area contributed by atoms with E-state index in [9.17, 15) is 4.79 Å². The summed E-state index contributed by atoms with van der Waals surface area (Å²) >= 11 is 0. The summed E-state index contributed by atoms with van der Waals surface area (Å²) in [6, 6.07) is 7.73. The van der Waals surface area contributed by atoms with Crippen LogP contribution in [0, 0.1) is 0 Å². The Kier molecular flexibility index (Phi) is 4.79. The molecule has 0 aromatic heterocycles. The van der Waals surface area contributed by atoms with Gasteiger partial charge < -0.3 is 16.2 Å². The standard InChI is InChI=1S/C12H18N2O2/c1-2-10(13)7-9-3-5-11(6-4-9)16-8-12(14)15/h3-6,10H,2,7-8,13H2,1H3,(H2,14,15). The molecule has 1 atom stereocenters. The summed E-state index contributed by atoms with van der Waals surface area (Å²) in [5.74, 6) is 0.171. The molecule has 0 bridgehead atoms. The predicted molar refractivity (Wildman–Crippen MR) is 63.1 cm³/mol. The summed E-state index contributed by atoms with van der Waals surface area (Å²) in [7, 11) is 0. The van der Waals surface area contributed by atoms with Gasteiger partial charge in [0.15, 0.2) is 6.61 Å². The van der Waals surface area contributed by atoms with Crippen molar-refractivity contribution in [3.8, 4) is 5.75 Å². The van der Waals surface area contributed by atoms with Crippen molar-refractivity contribution in [1.82, 2.24) is 0 Å². The zero-order chi connectivity index (χ0) is 12.0. The number of rotatable bonds is 6. The lowest BCUT2D eigenvalue weighted by molar-refractivity contribution is -0.119. The van der Waals surface area contributed by atoms with Crippen molar-refractivity contribution in [3.63, 3.8) is 0 Å². The molecule has 1 aromatic carbocycles. The Bertz CT molecular complexity index is 335. The normalized spacial score (nSPS) is 12.1. The van der Waals surface area contributed by atoms with Crippen LogP contribution in [0.2, 0.25) is 0 Å². The van der Waals surface area contributed by atoms with E-state index in [4.69, 9.17) is 16.2 Å². The fourth-order valence-corrected chi connectivity index (χ4v) is 1.32. The lowest BCUT2D eigenvalue weighted by Gasteiger charge is -2.09. The molecule has 0 aliphatic heterocycles. The number of hydrogen-bond acceptors (Lipinski definition) is 3. The number of ether oxygens (including phenoxy) is 1. The summed E-state index contributed by atoms with van der Waals surface area (Å²) < 4.78 is 5.15. The van der Waals surface area contributed by atoms with E-state index in [0.29, 0.717) is 5.75 Å². The van der Waals surface area contributed by atoms with Crippen molar-refractivity contribution in [2.45, 2.75) is 25.8 Å². The van der Waals surface area contributed by atoms with Gasteiger partial charge in [0.1, 0.15) is 5.75 Å². The second-order valence-corrected chi connectivity index (χ2v) is 3.77. The highest BCUT2D eigenvalue weighted by molar-refractivity contribution is 5.75. The minimum Gasteiger partial charge on any atom is -0.484 e. The Morgan fingerprint density at radius 2 is 2.00 bits per heavy atom. The summed E-state index contributed by atoms with van der Waals surface area (Å²) in [5, 5.41) is 0. The molecule has 88 valence electrons. The molecule has 0 saturated heterocycles. The highest BCUT2D eigenvalue weighted by atomic mass is 16.5. The van der Waals surface area contributed by atoms with Gasteiger partial charge in [-0.15, -0.1) is 0 Å². The SMILES string of the molecule is CCC(N)Cc1ccc(OCC(N)=O)cc1. The first kappa shape index (κ1) is 12.5. The molecule has 4 N–H and O–H groups in total. The van der Waals surface area contributed by atoms with Gasteiger partial charge in [0.05, 0.1) is 0 Å². The molecule has 0 radical (unpaired) electrons. The smallest absolute Gasteiger partial charge is 0.255 e. The Morgan fingerprint density at radius 1 is 1.38 bits per heavy atom. The molecule has 0 saturated carbocycles. The molecule has 16 heavy (non-hydrogen) atoms. The van der Waals surface area contributed by atoms with E-state index < -0.39 is 5.91 Å². The van der Waals surface area contributed by atoms with Crippen LogP contribution in [0.25, 0.3) is 0 Å². The number of benzene rings is 1. The van der Waals surface area contributed by atoms with Crippen LogP contribution >= 0.6 is 0 Å². The highest BCUT2D eigenvalue weighted by Crippen LogP contribution is 2.13. The van der Waals surface area contributed by atoms with Crippen molar-refractivity contribution in [2.75, 3.05) is 6.61 Å². The fraction of sp³-hybridized carbons (Fsp3) is 0.417. The Morgan fingerprint density at radius 3 is 2.50 bits per heavy atom. The largest absolute Gasteiger partial charge is 0.484 e. The monoisotopic (exact) mass is 222 g/mol. The average molecular weight is 222 g/mol. The number of carbonyl (C=O) groups is 1. The first-order chi connectivity index (χ1) is 7.61. The van der Waals surface area contributed by atoms with Crippen LogP contribution < -0.4 is 16.2 Å². The lowest BCUT2D eigenvalue weighted by Crippen LogP contribution is -2.21. The van der Waals surface area contributed by atoms with E-state index in [0.717, 1.165) is 12.8 Å². The molecule has 4 nitrogen and oxygen atoms in total. The number of hydrogen-bond donors (Lipinski definition) is 2. The Labute approximate surface area is 95.6 Å². The van der Waals surface area contributed by atoms with Gasteiger partial charge in [-0.25, -0.2) is 0 Å². The van der Waals surface area contributed by atoms with Gasteiger partial charge in [-0.3, -0.25) is 4.79 Å². The van der Waals surface area contributed by atoms with Gasteiger partial charge in [-0.1, -0.05) is 19.1 Å². The second kappa shape index (κ2) is 6.12. The maximum absolute atomic E-state index is 10.5. The van der Waals surface area contributed by atoms with E-state index in [1.165, 1.54) is 5.56 Å². The second-order valence-electron chi connectivity index (χ2n) is 3.77. The molecule has 1 unspecified atom stereocenters. The van der Waals surface area contributed by atoms with E-state index in [-0.39, 0.29) is 12.6 Å². The van der Waals surface area contributed by atoms with Gasteiger partial charge in [-0.05, 0) is 30.5 Å². The third-order valence-corrected chi connectivity index (χ3v) is 2.33. The number of primary amides is 1. The number of carbonyl (C=O) groups excluding carboxylic acids is 1. The average Bonchev–Trinajstić information content (AvgIpc) is 2.28. The quantitative estimate of drug-likeness (QED) is 0.748. The van der Waals surface area contributed by atoms with Crippen molar-refractivity contribution < 1.29 is 9.53 Å². The molecule has 1 aromatic rings. The Balaban J connectivity index is 2.50. The van der Waals surface area contributed by atoms with Crippen molar-refractivity contribution in [1.29, 1.82) is 0 Å². The van der Waals surface area contributed by atoms with E-state index >= 15 is 0 Å².